The van der Waals surface area contributed by atoms with Gasteiger partial charge in [-0.1, -0.05) is 125 Å². The number of anilines is 6. The molecule has 68 heavy (non-hydrogen) atoms. The van der Waals surface area contributed by atoms with Crippen molar-refractivity contribution in [1.82, 2.24) is 0 Å². The van der Waals surface area contributed by atoms with Crippen LogP contribution in [0, 0.1) is 0 Å². The lowest BCUT2D eigenvalue weighted by Gasteiger charge is -2.26. The molecule has 13 rings (SSSR count). The van der Waals surface area contributed by atoms with Gasteiger partial charge >= 0.3 is 0 Å². The van der Waals surface area contributed by atoms with Crippen molar-refractivity contribution in [3.63, 3.8) is 0 Å². The molecule has 2 heterocycles. The van der Waals surface area contributed by atoms with Gasteiger partial charge in [0.25, 0.3) is 0 Å². The van der Waals surface area contributed by atoms with Crippen LogP contribution in [0.4, 0.5) is 34.1 Å². The zero-order chi connectivity index (χ0) is 45.6. The Labute approximate surface area is 394 Å². The maximum absolute atomic E-state index is 6.80. The summed E-state index contributed by atoms with van der Waals surface area (Å²) in [5, 5.41) is 13.6. The fourth-order valence-electron chi connectivity index (χ4n) is 10.4. The van der Waals surface area contributed by atoms with Gasteiger partial charge in [-0.25, -0.2) is 0 Å². The predicted octanol–water partition coefficient (Wildman–Crippen LogP) is 19.3. The summed E-state index contributed by atoms with van der Waals surface area (Å²) in [6.07, 6.45) is 0. The Hall–Kier alpha value is -8.34. The first-order valence-electron chi connectivity index (χ1n) is 23.8. The maximum atomic E-state index is 6.80. The Balaban J connectivity index is 0.892. The molecule has 0 aliphatic heterocycles. The van der Waals surface area contributed by atoms with E-state index in [1.165, 1.54) is 32.7 Å². The SMILES string of the molecule is CC(C)c1ccc(N(c2ccc3ccccc3c2)c2ccc3c(ccc4c5cc6c(cc5oc34)oc3c4ccc(N(c5ccc(C(C)C)cc5)c5ccc7ccccc7c5)cc4ccc63)c2)cc1. The van der Waals surface area contributed by atoms with Crippen LogP contribution in [0.25, 0.3) is 87.0 Å². The van der Waals surface area contributed by atoms with Gasteiger partial charge in [-0.05, 0) is 158 Å². The number of nitrogens with zero attached hydrogens (tertiary/aromatic N) is 2. The molecule has 13 aromatic rings. The van der Waals surface area contributed by atoms with Gasteiger partial charge in [-0.3, -0.25) is 0 Å². The van der Waals surface area contributed by atoms with Crippen LogP contribution in [-0.4, -0.2) is 0 Å². The van der Waals surface area contributed by atoms with E-state index >= 15 is 0 Å². The van der Waals surface area contributed by atoms with Crippen molar-refractivity contribution in [2.24, 2.45) is 0 Å². The highest BCUT2D eigenvalue weighted by Crippen LogP contribution is 2.45. The summed E-state index contributed by atoms with van der Waals surface area (Å²) in [4.78, 5) is 4.71. The molecule has 0 saturated heterocycles. The Kier molecular flexibility index (Phi) is 9.20. The standard InChI is InChI=1S/C64H48N2O2/c1-39(2)41-13-21-49(22-14-41)65(51-25-17-43-9-5-7-11-45(43)33-51)53-27-31-55-47(35-53)19-29-57-59-37-60-58-30-20-48-36-54(28-32-56(48)64(58)68-62(60)38-61(59)67-63(55)57)66(50-23-15-42(16-24-50)40(3)4)52-26-18-44-10-6-8-12-46(44)34-52/h5-40H,1-4H3. The summed E-state index contributed by atoms with van der Waals surface area (Å²) >= 11 is 0. The molecular weight excluding hydrogens is 829 g/mol. The molecule has 11 aromatic carbocycles. The predicted molar refractivity (Wildman–Crippen MR) is 289 cm³/mol. The van der Waals surface area contributed by atoms with Gasteiger partial charge in [-0.15, -0.1) is 0 Å². The molecule has 0 N–H and O–H groups in total. The first-order valence-corrected chi connectivity index (χ1v) is 23.8. The second kappa shape index (κ2) is 15.6. The van der Waals surface area contributed by atoms with Crippen molar-refractivity contribution in [3.05, 3.63) is 217 Å². The normalized spacial score (nSPS) is 12.1. The molecule has 0 saturated carbocycles. The Morgan fingerprint density at radius 3 is 1.03 bits per heavy atom. The fourth-order valence-corrected chi connectivity index (χ4v) is 10.4. The van der Waals surface area contributed by atoms with E-state index in [1.54, 1.807) is 0 Å². The molecule has 326 valence electrons. The molecule has 0 atom stereocenters. The average molecular weight is 877 g/mol. The van der Waals surface area contributed by atoms with Gasteiger partial charge in [0.15, 0.2) is 0 Å². The molecule has 0 bridgehead atoms. The van der Waals surface area contributed by atoms with Crippen molar-refractivity contribution in [2.45, 2.75) is 39.5 Å². The summed E-state index contributed by atoms with van der Waals surface area (Å²) in [5.74, 6) is 0.916. The lowest BCUT2D eigenvalue weighted by Crippen LogP contribution is -2.10. The van der Waals surface area contributed by atoms with Gasteiger partial charge in [0.1, 0.15) is 22.3 Å². The number of furan rings is 2. The smallest absolute Gasteiger partial charge is 0.143 e. The second-order valence-electron chi connectivity index (χ2n) is 19.0. The van der Waals surface area contributed by atoms with Crippen molar-refractivity contribution in [3.8, 4) is 0 Å². The summed E-state index contributed by atoms with van der Waals surface area (Å²) in [7, 11) is 0. The second-order valence-corrected chi connectivity index (χ2v) is 19.0. The number of fused-ring (bicyclic) bond motifs is 12. The van der Waals surface area contributed by atoms with E-state index in [2.05, 4.69) is 244 Å². The van der Waals surface area contributed by atoms with Crippen LogP contribution in [0.3, 0.4) is 0 Å². The molecule has 0 unspecified atom stereocenters. The first kappa shape index (κ1) is 40.0. The van der Waals surface area contributed by atoms with Gasteiger partial charge in [0.05, 0.1) is 0 Å². The van der Waals surface area contributed by atoms with Crippen LogP contribution >= 0.6 is 0 Å². The highest BCUT2D eigenvalue weighted by Gasteiger charge is 2.20. The minimum Gasteiger partial charge on any atom is -0.455 e. The largest absolute Gasteiger partial charge is 0.455 e. The number of rotatable bonds is 8. The molecule has 0 radical (unpaired) electrons. The van der Waals surface area contributed by atoms with E-state index < -0.39 is 0 Å². The zero-order valence-corrected chi connectivity index (χ0v) is 38.5. The van der Waals surface area contributed by atoms with Crippen LogP contribution in [0.1, 0.15) is 50.7 Å². The lowest BCUT2D eigenvalue weighted by molar-refractivity contribution is 0.660. The van der Waals surface area contributed by atoms with E-state index in [0.29, 0.717) is 11.8 Å². The highest BCUT2D eigenvalue weighted by molar-refractivity contribution is 6.22. The van der Waals surface area contributed by atoms with E-state index in [9.17, 15) is 0 Å². The fraction of sp³-hybridized carbons (Fsp3) is 0.0938. The van der Waals surface area contributed by atoms with Gasteiger partial charge in [0, 0.05) is 72.5 Å². The maximum Gasteiger partial charge on any atom is 0.143 e. The third-order valence-electron chi connectivity index (χ3n) is 14.1. The monoisotopic (exact) mass is 876 g/mol. The highest BCUT2D eigenvalue weighted by atomic mass is 16.3. The molecule has 4 nitrogen and oxygen atoms in total. The van der Waals surface area contributed by atoms with Crippen molar-refractivity contribution in [2.75, 3.05) is 9.80 Å². The van der Waals surface area contributed by atoms with Crippen LogP contribution in [-0.2, 0) is 0 Å². The third kappa shape index (κ3) is 6.59. The van der Waals surface area contributed by atoms with Crippen LogP contribution in [0.5, 0.6) is 0 Å². The van der Waals surface area contributed by atoms with Gasteiger partial charge in [0.2, 0.25) is 0 Å². The van der Waals surface area contributed by atoms with Crippen LogP contribution in [0.15, 0.2) is 215 Å². The third-order valence-corrected chi connectivity index (χ3v) is 14.1. The van der Waals surface area contributed by atoms with Gasteiger partial charge in [-0.2, -0.15) is 0 Å². The Morgan fingerprint density at radius 2 is 0.618 bits per heavy atom. The van der Waals surface area contributed by atoms with E-state index in [-0.39, 0.29) is 0 Å². The summed E-state index contributed by atoms with van der Waals surface area (Å²) in [6, 6.07) is 75.2. The average Bonchev–Trinajstić information content (AvgIpc) is 3.93. The Bertz CT molecular complexity index is 3840. The number of benzene rings is 11. The number of hydrogen-bond acceptors (Lipinski definition) is 4. The van der Waals surface area contributed by atoms with Crippen molar-refractivity contribution < 1.29 is 8.83 Å². The topological polar surface area (TPSA) is 32.8 Å². The summed E-state index contributed by atoms with van der Waals surface area (Å²) in [6.45, 7) is 8.96. The van der Waals surface area contributed by atoms with Crippen LogP contribution < -0.4 is 9.80 Å². The van der Waals surface area contributed by atoms with Crippen molar-refractivity contribution in [1.29, 1.82) is 0 Å². The molecule has 0 amide bonds. The minimum atomic E-state index is 0.458. The quantitative estimate of drug-likeness (QED) is 0.152. The van der Waals surface area contributed by atoms with E-state index in [1.807, 2.05) is 0 Å². The molecule has 0 aliphatic carbocycles. The summed E-state index contributed by atoms with van der Waals surface area (Å²) < 4.78 is 13.6. The Morgan fingerprint density at radius 1 is 0.279 bits per heavy atom. The minimum absolute atomic E-state index is 0.458. The van der Waals surface area contributed by atoms with E-state index in [4.69, 9.17) is 8.83 Å². The zero-order valence-electron chi connectivity index (χ0n) is 38.5. The molecular formula is C64H48N2O2. The van der Waals surface area contributed by atoms with E-state index in [0.717, 1.165) is 99.5 Å². The summed E-state index contributed by atoms with van der Waals surface area (Å²) in [5.41, 5.74) is 12.7. The first-order chi connectivity index (χ1) is 33.3. The van der Waals surface area contributed by atoms with Gasteiger partial charge < -0.3 is 18.6 Å². The lowest BCUT2D eigenvalue weighted by atomic mass is 10.0. The molecule has 0 spiro atoms. The number of hydrogen-bond donors (Lipinski definition) is 0. The molecule has 0 aliphatic rings. The van der Waals surface area contributed by atoms with Crippen LogP contribution in [0.2, 0.25) is 0 Å². The van der Waals surface area contributed by atoms with Crippen molar-refractivity contribution >= 4 is 121 Å². The molecule has 2 aromatic heterocycles. The molecule has 4 heteroatoms. The molecule has 0 fully saturated rings.